The van der Waals surface area contributed by atoms with Gasteiger partial charge in [0, 0.05) is 43.7 Å². The summed E-state index contributed by atoms with van der Waals surface area (Å²) in [5.41, 5.74) is 2.72. The molecule has 2 unspecified atom stereocenters. The highest BCUT2D eigenvalue weighted by atomic mass is 16.1. The molecule has 1 aliphatic carbocycles. The minimum absolute atomic E-state index is 0.165. The predicted molar refractivity (Wildman–Crippen MR) is 129 cm³/mol. The molecule has 0 aromatic carbocycles. The number of hydrogen-bond acceptors (Lipinski definition) is 5. The van der Waals surface area contributed by atoms with Gasteiger partial charge in [-0.3, -0.25) is 19.4 Å². The third kappa shape index (κ3) is 4.88. The molecule has 5 rings (SSSR count). The Labute approximate surface area is 193 Å². The van der Waals surface area contributed by atoms with Crippen LogP contribution < -0.4 is 15.8 Å². The summed E-state index contributed by atoms with van der Waals surface area (Å²) in [5.74, 6) is 0.979. The summed E-state index contributed by atoms with van der Waals surface area (Å²) in [6.45, 7) is 5.20. The van der Waals surface area contributed by atoms with Crippen molar-refractivity contribution in [3.05, 3.63) is 70.2 Å². The number of carbonyl (C=O) groups is 1. The number of aryl methyl sites for hydroxylation is 1. The third-order valence-corrected chi connectivity index (χ3v) is 6.60. The van der Waals surface area contributed by atoms with Gasteiger partial charge in [0.15, 0.2) is 0 Å². The van der Waals surface area contributed by atoms with Crippen LogP contribution in [0.5, 0.6) is 0 Å². The highest BCUT2D eigenvalue weighted by Crippen LogP contribution is 2.28. The maximum absolute atomic E-state index is 12.9. The first-order valence-corrected chi connectivity index (χ1v) is 11.7. The molecule has 1 saturated heterocycles. The average Bonchev–Trinajstić information content (AvgIpc) is 3.25. The Morgan fingerprint density at radius 3 is 2.73 bits per heavy atom. The Hall–Kier alpha value is -3.32. The fraction of sp³-hybridized carbons (Fsp3) is 0.385. The van der Waals surface area contributed by atoms with Gasteiger partial charge in [-0.25, -0.2) is 4.98 Å². The normalized spacial score (nSPS) is 20.4. The van der Waals surface area contributed by atoms with Gasteiger partial charge in [0.1, 0.15) is 5.82 Å². The first-order valence-electron chi connectivity index (χ1n) is 11.7. The van der Waals surface area contributed by atoms with Gasteiger partial charge in [-0.2, -0.15) is 5.10 Å². The van der Waals surface area contributed by atoms with Gasteiger partial charge >= 0.3 is 0 Å². The molecule has 3 aromatic rings. The summed E-state index contributed by atoms with van der Waals surface area (Å²) in [4.78, 5) is 24.3. The van der Waals surface area contributed by atoms with Crippen molar-refractivity contribution in [3.8, 4) is 0 Å². The SMILES string of the molecule is CC1C=c2cnc(NC(=O)c3ccnc(CN4CCCCC4)c3)cc2=CC1c1cnn(C)c1. The monoisotopic (exact) mass is 442 g/mol. The second kappa shape index (κ2) is 9.27. The number of rotatable bonds is 5. The summed E-state index contributed by atoms with van der Waals surface area (Å²) in [6, 6.07) is 5.60. The maximum Gasteiger partial charge on any atom is 0.256 e. The second-order valence-electron chi connectivity index (χ2n) is 9.19. The average molecular weight is 443 g/mol. The van der Waals surface area contributed by atoms with Gasteiger partial charge in [-0.1, -0.05) is 25.5 Å². The first-order chi connectivity index (χ1) is 16.0. The number of likely N-dealkylation sites (tertiary alicyclic amines) is 1. The molecule has 7 nitrogen and oxygen atoms in total. The Morgan fingerprint density at radius 1 is 1.09 bits per heavy atom. The zero-order valence-electron chi connectivity index (χ0n) is 19.2. The lowest BCUT2D eigenvalue weighted by Gasteiger charge is -2.26. The molecule has 7 heteroatoms. The molecule has 0 saturated carbocycles. The van der Waals surface area contributed by atoms with Gasteiger partial charge in [0.2, 0.25) is 0 Å². The molecule has 4 heterocycles. The minimum atomic E-state index is -0.165. The number of carbonyl (C=O) groups excluding carboxylic acids is 1. The number of nitrogens with one attached hydrogen (secondary N) is 1. The van der Waals surface area contributed by atoms with Crippen LogP contribution in [0, 0.1) is 5.92 Å². The number of fused-ring (bicyclic) bond motifs is 1. The van der Waals surface area contributed by atoms with E-state index in [0.717, 1.165) is 35.8 Å². The van der Waals surface area contributed by atoms with Crippen molar-refractivity contribution in [2.45, 2.75) is 38.6 Å². The number of nitrogens with zero attached hydrogens (tertiary/aromatic N) is 5. The van der Waals surface area contributed by atoms with E-state index in [2.05, 4.69) is 50.6 Å². The van der Waals surface area contributed by atoms with Crippen LogP contribution in [-0.4, -0.2) is 43.6 Å². The van der Waals surface area contributed by atoms with E-state index in [9.17, 15) is 4.79 Å². The van der Waals surface area contributed by atoms with Crippen molar-refractivity contribution < 1.29 is 4.79 Å². The number of hydrogen-bond donors (Lipinski definition) is 1. The molecule has 1 amide bonds. The quantitative estimate of drug-likeness (QED) is 0.657. The van der Waals surface area contributed by atoms with E-state index in [1.807, 2.05) is 36.3 Å². The van der Waals surface area contributed by atoms with E-state index in [1.54, 1.807) is 12.3 Å². The lowest BCUT2D eigenvalue weighted by molar-refractivity contribution is 0.102. The molecule has 3 aromatic heterocycles. The van der Waals surface area contributed by atoms with Crippen molar-refractivity contribution in [2.75, 3.05) is 18.4 Å². The molecule has 2 atom stereocenters. The molecule has 1 N–H and O–H groups in total. The van der Waals surface area contributed by atoms with Crippen LogP contribution >= 0.6 is 0 Å². The Morgan fingerprint density at radius 2 is 1.94 bits per heavy atom. The standard InChI is InChI=1S/C26H30N6O/c1-18-10-21-14-28-25(13-20(21)12-24(18)22-15-29-31(2)16-22)30-26(33)19-6-7-27-23(11-19)17-32-8-4-3-5-9-32/h6-7,10-16,18,24H,3-5,8-9,17H2,1-2H3,(H,30,33). The van der Waals surface area contributed by atoms with Gasteiger partial charge in [0.25, 0.3) is 5.91 Å². The van der Waals surface area contributed by atoms with Crippen molar-refractivity contribution in [2.24, 2.45) is 13.0 Å². The van der Waals surface area contributed by atoms with Crippen LogP contribution in [0.2, 0.25) is 0 Å². The van der Waals surface area contributed by atoms with Crippen molar-refractivity contribution in [1.29, 1.82) is 0 Å². The van der Waals surface area contributed by atoms with Crippen LogP contribution in [0.25, 0.3) is 12.2 Å². The molecule has 1 aliphatic heterocycles. The van der Waals surface area contributed by atoms with Crippen LogP contribution in [0.1, 0.15) is 53.7 Å². The molecule has 33 heavy (non-hydrogen) atoms. The van der Waals surface area contributed by atoms with Gasteiger partial charge in [0.05, 0.1) is 11.9 Å². The molecule has 0 radical (unpaired) electrons. The van der Waals surface area contributed by atoms with Gasteiger partial charge < -0.3 is 5.32 Å². The van der Waals surface area contributed by atoms with Crippen LogP contribution in [0.15, 0.2) is 43.0 Å². The lowest BCUT2D eigenvalue weighted by atomic mass is 9.84. The van der Waals surface area contributed by atoms with Crippen LogP contribution in [0.3, 0.4) is 0 Å². The molecular weight excluding hydrogens is 412 g/mol. The Bertz CT molecular complexity index is 1270. The number of piperidine rings is 1. The molecule has 1 fully saturated rings. The van der Waals surface area contributed by atoms with E-state index in [0.29, 0.717) is 17.3 Å². The maximum atomic E-state index is 12.9. The smallest absolute Gasteiger partial charge is 0.256 e. The first kappa shape index (κ1) is 21.5. The number of anilines is 1. The summed E-state index contributed by atoms with van der Waals surface area (Å²) < 4.78 is 1.83. The van der Waals surface area contributed by atoms with Gasteiger partial charge in [-0.15, -0.1) is 0 Å². The summed E-state index contributed by atoms with van der Waals surface area (Å²) in [5, 5.41) is 9.46. The zero-order chi connectivity index (χ0) is 22.8. The van der Waals surface area contributed by atoms with E-state index >= 15 is 0 Å². The lowest BCUT2D eigenvalue weighted by Crippen LogP contribution is -2.32. The largest absolute Gasteiger partial charge is 0.307 e. The van der Waals surface area contributed by atoms with Crippen molar-refractivity contribution in [3.63, 3.8) is 0 Å². The predicted octanol–water partition coefficient (Wildman–Crippen LogP) is 2.44. The summed E-state index contributed by atoms with van der Waals surface area (Å²) in [6.07, 6.45) is 15.8. The summed E-state index contributed by atoms with van der Waals surface area (Å²) in [7, 11) is 1.93. The fourth-order valence-corrected chi connectivity index (χ4v) is 4.82. The van der Waals surface area contributed by atoms with E-state index in [4.69, 9.17) is 0 Å². The van der Waals surface area contributed by atoms with E-state index in [-0.39, 0.29) is 11.8 Å². The second-order valence-corrected chi connectivity index (χ2v) is 9.19. The molecular formula is C26H30N6O. The van der Waals surface area contributed by atoms with Crippen LogP contribution in [0.4, 0.5) is 5.82 Å². The van der Waals surface area contributed by atoms with Gasteiger partial charge in [-0.05, 0) is 66.0 Å². The molecule has 0 bridgehead atoms. The number of aromatic nitrogens is 4. The third-order valence-electron chi connectivity index (χ3n) is 6.60. The van der Waals surface area contributed by atoms with Crippen LogP contribution in [-0.2, 0) is 13.6 Å². The number of amides is 1. The minimum Gasteiger partial charge on any atom is -0.307 e. The molecule has 0 spiro atoms. The zero-order valence-corrected chi connectivity index (χ0v) is 19.2. The highest BCUT2D eigenvalue weighted by molar-refractivity contribution is 6.03. The Kier molecular flexibility index (Phi) is 6.05. The van der Waals surface area contributed by atoms with E-state index < -0.39 is 0 Å². The summed E-state index contributed by atoms with van der Waals surface area (Å²) >= 11 is 0. The Balaban J connectivity index is 1.34. The molecule has 170 valence electrons. The van der Waals surface area contributed by atoms with Crippen molar-refractivity contribution >= 4 is 23.9 Å². The fourth-order valence-electron chi connectivity index (χ4n) is 4.82. The number of pyridine rings is 2. The highest BCUT2D eigenvalue weighted by Gasteiger charge is 2.20. The van der Waals surface area contributed by atoms with Crippen molar-refractivity contribution in [1.82, 2.24) is 24.6 Å². The van der Waals surface area contributed by atoms with E-state index in [1.165, 1.54) is 24.8 Å². The molecule has 2 aliphatic rings. The topological polar surface area (TPSA) is 75.9 Å².